The predicted octanol–water partition coefficient (Wildman–Crippen LogP) is 4.39. The molecule has 1 aromatic carbocycles. The largest absolute Gasteiger partial charge is 0.493 e. The number of thioether (sulfide) groups is 1. The van der Waals surface area contributed by atoms with Crippen molar-refractivity contribution >= 4 is 62.2 Å². The van der Waals surface area contributed by atoms with Crippen LogP contribution in [-0.4, -0.2) is 41.4 Å². The van der Waals surface area contributed by atoms with E-state index in [1.165, 1.54) is 23.8 Å². The number of ether oxygens (including phenoxy) is 2. The number of methoxy groups -OCH3 is 1. The first-order valence-electron chi connectivity index (χ1n) is 8.20. The van der Waals surface area contributed by atoms with E-state index >= 15 is 0 Å². The van der Waals surface area contributed by atoms with Gasteiger partial charge in [-0.05, 0) is 37.1 Å². The molecule has 0 N–H and O–H groups in total. The molecule has 8 heteroatoms. The number of benzene rings is 1. The summed E-state index contributed by atoms with van der Waals surface area (Å²) in [6, 6.07) is 5.69. The number of thiocarbonyl (C=S) groups is 1. The smallest absolute Gasteiger partial charge is 0.305 e. The second-order valence-corrected chi connectivity index (χ2v) is 8.14. The number of carbonyl (C=O) groups is 2. The Morgan fingerprint density at radius 3 is 2.88 bits per heavy atom. The van der Waals surface area contributed by atoms with Gasteiger partial charge in [0, 0.05) is 23.0 Å². The normalized spacial score (nSPS) is 15.7. The third-order valence-electron chi connectivity index (χ3n) is 3.58. The molecule has 1 aliphatic heterocycles. The Balaban J connectivity index is 2.14. The Morgan fingerprint density at radius 1 is 1.42 bits per heavy atom. The van der Waals surface area contributed by atoms with Crippen molar-refractivity contribution < 1.29 is 19.1 Å². The van der Waals surface area contributed by atoms with Crippen molar-refractivity contribution in [3.05, 3.63) is 33.1 Å². The zero-order chi connectivity index (χ0) is 19.1. The topological polar surface area (TPSA) is 55.8 Å². The maximum atomic E-state index is 12.7. The van der Waals surface area contributed by atoms with Crippen molar-refractivity contribution in [3.63, 3.8) is 0 Å². The second kappa shape index (κ2) is 10.1. The summed E-state index contributed by atoms with van der Waals surface area (Å²) in [6.45, 7) is 3.05. The first-order chi connectivity index (χ1) is 12.5. The van der Waals surface area contributed by atoms with Crippen LogP contribution in [-0.2, 0) is 14.3 Å². The van der Waals surface area contributed by atoms with Gasteiger partial charge in [0.05, 0.1) is 18.6 Å². The van der Waals surface area contributed by atoms with Gasteiger partial charge in [-0.2, -0.15) is 0 Å². The van der Waals surface area contributed by atoms with Gasteiger partial charge in [0.1, 0.15) is 10.1 Å². The minimum absolute atomic E-state index is 0.147. The lowest BCUT2D eigenvalue weighted by molar-refractivity contribution is -0.141. The summed E-state index contributed by atoms with van der Waals surface area (Å²) in [7, 11) is 1.35. The molecule has 1 heterocycles. The summed E-state index contributed by atoms with van der Waals surface area (Å²) in [6.07, 6.45) is 3.47. The number of hydrogen-bond donors (Lipinski definition) is 0. The summed E-state index contributed by atoms with van der Waals surface area (Å²) >= 11 is 10.0. The van der Waals surface area contributed by atoms with Crippen LogP contribution in [0.15, 0.2) is 27.6 Å². The standard InChI is InChI=1S/C18H20BrNO4S2/c1-3-9-24-14-7-6-13(19)10-12(14)11-15-17(22)20(18(25)26-15)8-4-5-16(21)23-2/h6-7,10-11H,3-5,8-9H2,1-2H3/b15-11+. The van der Waals surface area contributed by atoms with Crippen LogP contribution in [0.2, 0.25) is 0 Å². The lowest BCUT2D eigenvalue weighted by Crippen LogP contribution is -2.29. The average Bonchev–Trinajstić information content (AvgIpc) is 2.88. The van der Waals surface area contributed by atoms with Gasteiger partial charge < -0.3 is 9.47 Å². The maximum absolute atomic E-state index is 12.7. The van der Waals surface area contributed by atoms with E-state index in [-0.39, 0.29) is 18.3 Å². The van der Waals surface area contributed by atoms with Crippen molar-refractivity contribution in [2.24, 2.45) is 0 Å². The minimum atomic E-state index is -0.294. The van der Waals surface area contributed by atoms with Crippen LogP contribution < -0.4 is 4.74 Å². The van der Waals surface area contributed by atoms with Crippen LogP contribution in [0.3, 0.4) is 0 Å². The third-order valence-corrected chi connectivity index (χ3v) is 5.46. The van der Waals surface area contributed by atoms with Gasteiger partial charge in [-0.15, -0.1) is 0 Å². The molecular formula is C18H20BrNO4S2. The van der Waals surface area contributed by atoms with Crippen LogP contribution in [0.1, 0.15) is 31.7 Å². The molecule has 1 aromatic rings. The average molecular weight is 458 g/mol. The highest BCUT2D eigenvalue weighted by Gasteiger charge is 2.31. The molecule has 0 bridgehead atoms. The fourth-order valence-electron chi connectivity index (χ4n) is 2.29. The van der Waals surface area contributed by atoms with Crippen molar-refractivity contribution in [2.45, 2.75) is 26.2 Å². The molecule has 1 saturated heterocycles. The van der Waals surface area contributed by atoms with Gasteiger partial charge >= 0.3 is 5.97 Å². The maximum Gasteiger partial charge on any atom is 0.305 e. The monoisotopic (exact) mass is 457 g/mol. The van der Waals surface area contributed by atoms with Gasteiger partial charge in [0.15, 0.2) is 0 Å². The van der Waals surface area contributed by atoms with E-state index < -0.39 is 0 Å². The Morgan fingerprint density at radius 2 is 2.19 bits per heavy atom. The minimum Gasteiger partial charge on any atom is -0.493 e. The van der Waals surface area contributed by atoms with E-state index in [1.807, 2.05) is 25.1 Å². The molecule has 1 fully saturated rings. The molecule has 0 spiro atoms. The Hall–Kier alpha value is -1.38. The fraction of sp³-hybridized carbons (Fsp3) is 0.389. The fourth-order valence-corrected chi connectivity index (χ4v) is 3.97. The van der Waals surface area contributed by atoms with Crippen LogP contribution in [0, 0.1) is 0 Å². The molecule has 0 unspecified atom stereocenters. The van der Waals surface area contributed by atoms with E-state index in [2.05, 4.69) is 20.7 Å². The Labute approximate surface area is 171 Å². The van der Waals surface area contributed by atoms with Gasteiger partial charge in [-0.3, -0.25) is 14.5 Å². The molecule has 5 nitrogen and oxygen atoms in total. The van der Waals surface area contributed by atoms with E-state index in [0.717, 1.165) is 22.2 Å². The summed E-state index contributed by atoms with van der Waals surface area (Å²) in [5, 5.41) is 0. The molecule has 0 radical (unpaired) electrons. The van der Waals surface area contributed by atoms with Gasteiger partial charge in [0.25, 0.3) is 5.91 Å². The summed E-state index contributed by atoms with van der Waals surface area (Å²) in [5.41, 5.74) is 0.822. The zero-order valence-corrected chi connectivity index (χ0v) is 17.8. The summed E-state index contributed by atoms with van der Waals surface area (Å²) in [4.78, 5) is 25.9. The summed E-state index contributed by atoms with van der Waals surface area (Å²) in [5.74, 6) is 0.287. The first kappa shape index (κ1) is 20.9. The van der Waals surface area contributed by atoms with E-state index in [9.17, 15) is 9.59 Å². The zero-order valence-electron chi connectivity index (χ0n) is 14.6. The predicted molar refractivity (Wildman–Crippen MR) is 111 cm³/mol. The van der Waals surface area contributed by atoms with Gasteiger partial charge in [-0.1, -0.05) is 46.8 Å². The molecule has 0 atom stereocenters. The molecule has 0 saturated carbocycles. The lowest BCUT2D eigenvalue weighted by Gasteiger charge is -2.13. The second-order valence-electron chi connectivity index (χ2n) is 5.54. The molecular weight excluding hydrogens is 438 g/mol. The van der Waals surface area contributed by atoms with Crippen LogP contribution in [0.5, 0.6) is 5.75 Å². The van der Waals surface area contributed by atoms with Crippen molar-refractivity contribution in [2.75, 3.05) is 20.3 Å². The van der Waals surface area contributed by atoms with Crippen molar-refractivity contribution in [3.8, 4) is 5.75 Å². The molecule has 0 aromatic heterocycles. The molecule has 2 rings (SSSR count). The SMILES string of the molecule is CCCOc1ccc(Br)cc1/C=C1/SC(=S)N(CCCC(=O)OC)C1=O. The van der Waals surface area contributed by atoms with E-state index in [4.69, 9.17) is 17.0 Å². The number of hydrogen-bond acceptors (Lipinski definition) is 6. The number of halogens is 1. The first-order valence-corrected chi connectivity index (χ1v) is 10.2. The van der Waals surface area contributed by atoms with Crippen molar-refractivity contribution in [1.29, 1.82) is 0 Å². The molecule has 1 amide bonds. The molecule has 26 heavy (non-hydrogen) atoms. The quantitative estimate of drug-likeness (QED) is 0.327. The number of rotatable bonds is 8. The Kier molecular flexibility index (Phi) is 8.12. The lowest BCUT2D eigenvalue weighted by atomic mass is 10.2. The number of carbonyl (C=O) groups excluding carboxylic acids is 2. The number of amides is 1. The molecule has 0 aliphatic carbocycles. The van der Waals surface area contributed by atoms with Crippen molar-refractivity contribution in [1.82, 2.24) is 4.90 Å². The molecule has 1 aliphatic rings. The number of nitrogens with zero attached hydrogens (tertiary/aromatic N) is 1. The number of esters is 1. The third kappa shape index (κ3) is 5.56. The Bertz CT molecular complexity index is 736. The van der Waals surface area contributed by atoms with E-state index in [0.29, 0.717) is 28.8 Å². The molecule has 140 valence electrons. The van der Waals surface area contributed by atoms with Gasteiger partial charge in [0.2, 0.25) is 0 Å². The van der Waals surface area contributed by atoms with Crippen LogP contribution in [0.4, 0.5) is 0 Å². The summed E-state index contributed by atoms with van der Waals surface area (Å²) < 4.78 is 11.8. The van der Waals surface area contributed by atoms with Crippen LogP contribution in [0.25, 0.3) is 6.08 Å². The highest BCUT2D eigenvalue weighted by Crippen LogP contribution is 2.35. The van der Waals surface area contributed by atoms with Crippen LogP contribution >= 0.6 is 39.9 Å². The highest BCUT2D eigenvalue weighted by molar-refractivity contribution is 9.10. The van der Waals surface area contributed by atoms with Gasteiger partial charge in [-0.25, -0.2) is 0 Å². The van der Waals surface area contributed by atoms with E-state index in [1.54, 1.807) is 6.08 Å². The highest BCUT2D eigenvalue weighted by atomic mass is 79.9.